The van der Waals surface area contributed by atoms with Crippen LogP contribution in [-0.4, -0.2) is 20.3 Å². The number of amides is 1. The zero-order valence-corrected chi connectivity index (χ0v) is 16.4. The third-order valence-corrected chi connectivity index (χ3v) is 5.05. The molecule has 1 aromatic carbocycles. The van der Waals surface area contributed by atoms with E-state index in [2.05, 4.69) is 15.3 Å². The van der Waals surface area contributed by atoms with E-state index in [4.69, 9.17) is 0 Å². The van der Waals surface area contributed by atoms with Crippen LogP contribution < -0.4 is 5.32 Å². The van der Waals surface area contributed by atoms with E-state index in [1.165, 1.54) is 6.07 Å². The molecule has 0 saturated heterocycles. The molecule has 1 atom stereocenters. The smallest absolute Gasteiger partial charge is 0.352 e. The maximum Gasteiger partial charge on any atom is 0.416 e. The van der Waals surface area contributed by atoms with Gasteiger partial charge in [-0.15, -0.1) is 0 Å². The summed E-state index contributed by atoms with van der Waals surface area (Å²) in [5, 5.41) is 2.84. The van der Waals surface area contributed by atoms with Crippen LogP contribution in [0.4, 0.5) is 13.2 Å². The lowest BCUT2D eigenvalue weighted by molar-refractivity contribution is -0.137. The minimum Gasteiger partial charge on any atom is -0.352 e. The topological polar surface area (TPSA) is 59.3 Å². The van der Waals surface area contributed by atoms with E-state index in [0.717, 1.165) is 17.7 Å². The molecule has 0 fully saturated rings. The van der Waals surface area contributed by atoms with Crippen LogP contribution in [-0.2, 0) is 17.5 Å². The molecule has 3 aromatic heterocycles. The van der Waals surface area contributed by atoms with Crippen molar-refractivity contribution in [3.05, 3.63) is 102 Å². The lowest BCUT2D eigenvalue weighted by Gasteiger charge is -2.19. The van der Waals surface area contributed by atoms with Crippen molar-refractivity contribution in [2.45, 2.75) is 25.1 Å². The minimum atomic E-state index is -4.47. The first-order valence-corrected chi connectivity index (χ1v) is 9.66. The Morgan fingerprint density at radius 2 is 1.87 bits per heavy atom. The van der Waals surface area contributed by atoms with Gasteiger partial charge >= 0.3 is 6.18 Å². The van der Waals surface area contributed by atoms with Crippen molar-refractivity contribution in [2.24, 2.45) is 0 Å². The van der Waals surface area contributed by atoms with Crippen LogP contribution in [0.15, 0.2) is 79.4 Å². The van der Waals surface area contributed by atoms with Crippen molar-refractivity contribution in [1.29, 1.82) is 0 Å². The summed E-state index contributed by atoms with van der Waals surface area (Å²) in [5.74, 6) is -0.873. The predicted octanol–water partition coefficient (Wildman–Crippen LogP) is 4.59. The number of pyridine rings is 2. The van der Waals surface area contributed by atoms with Gasteiger partial charge in [-0.1, -0.05) is 24.3 Å². The highest BCUT2D eigenvalue weighted by atomic mass is 19.4. The molecule has 0 aliphatic rings. The highest BCUT2D eigenvalue weighted by Gasteiger charge is 2.32. The van der Waals surface area contributed by atoms with Crippen molar-refractivity contribution < 1.29 is 18.0 Å². The quantitative estimate of drug-likeness (QED) is 0.493. The fourth-order valence-electron chi connectivity index (χ4n) is 3.49. The number of carbonyl (C=O) groups is 1. The van der Waals surface area contributed by atoms with Crippen molar-refractivity contribution in [1.82, 2.24) is 19.7 Å². The molecule has 4 aromatic rings. The molecule has 0 aliphatic carbocycles. The molecular formula is C23H19F3N4O. The van der Waals surface area contributed by atoms with E-state index in [9.17, 15) is 18.0 Å². The van der Waals surface area contributed by atoms with E-state index in [-0.39, 0.29) is 12.3 Å². The summed E-state index contributed by atoms with van der Waals surface area (Å²) < 4.78 is 41.7. The highest BCUT2D eigenvalue weighted by molar-refractivity contribution is 5.77. The second kappa shape index (κ2) is 8.59. The van der Waals surface area contributed by atoms with Gasteiger partial charge in [0, 0.05) is 43.7 Å². The fraction of sp³-hybridized carbons (Fsp3) is 0.174. The van der Waals surface area contributed by atoms with Crippen LogP contribution in [0.3, 0.4) is 0 Å². The third kappa shape index (κ3) is 4.74. The zero-order valence-electron chi connectivity index (χ0n) is 16.4. The first kappa shape index (κ1) is 20.6. The average Bonchev–Trinajstić information content (AvgIpc) is 3.20. The SMILES string of the molecule is O=C(CC(c1cccc(C(F)(F)F)c1)c1cnc2ccccn12)NCc1ccncc1. The number of hydrogen-bond acceptors (Lipinski definition) is 3. The van der Waals surface area contributed by atoms with Crippen molar-refractivity contribution >= 4 is 11.6 Å². The molecule has 0 aliphatic heterocycles. The van der Waals surface area contributed by atoms with Gasteiger partial charge in [-0.2, -0.15) is 13.2 Å². The van der Waals surface area contributed by atoms with Gasteiger partial charge in [0.1, 0.15) is 5.65 Å². The summed E-state index contributed by atoms with van der Waals surface area (Å²) in [4.78, 5) is 21.0. The van der Waals surface area contributed by atoms with E-state index in [1.807, 2.05) is 12.1 Å². The van der Waals surface area contributed by atoms with Gasteiger partial charge in [0.05, 0.1) is 11.3 Å². The molecule has 158 valence electrons. The Labute approximate surface area is 176 Å². The number of hydrogen-bond donors (Lipinski definition) is 1. The Bertz CT molecular complexity index is 1190. The van der Waals surface area contributed by atoms with Gasteiger partial charge in [0.25, 0.3) is 0 Å². The number of imidazole rings is 1. The molecule has 1 unspecified atom stereocenters. The molecule has 1 amide bonds. The number of halogens is 3. The van der Waals surface area contributed by atoms with Crippen LogP contribution in [0.5, 0.6) is 0 Å². The number of nitrogens with zero attached hydrogens (tertiary/aromatic N) is 3. The second-order valence-corrected chi connectivity index (χ2v) is 7.12. The molecule has 0 spiro atoms. The lowest BCUT2D eigenvalue weighted by Crippen LogP contribution is -2.25. The maximum absolute atomic E-state index is 13.3. The van der Waals surface area contributed by atoms with Crippen molar-refractivity contribution in [3.8, 4) is 0 Å². The van der Waals surface area contributed by atoms with Gasteiger partial charge in [0.15, 0.2) is 0 Å². The van der Waals surface area contributed by atoms with Crippen LogP contribution in [0.2, 0.25) is 0 Å². The molecule has 0 saturated carbocycles. The number of fused-ring (bicyclic) bond motifs is 1. The van der Waals surface area contributed by atoms with Crippen LogP contribution in [0, 0.1) is 0 Å². The van der Waals surface area contributed by atoms with E-state index in [1.54, 1.807) is 53.5 Å². The molecule has 8 heteroatoms. The summed E-state index contributed by atoms with van der Waals surface area (Å²) in [7, 11) is 0. The average molecular weight is 424 g/mol. The summed E-state index contributed by atoms with van der Waals surface area (Å²) in [6, 6.07) is 14.1. The second-order valence-electron chi connectivity index (χ2n) is 7.12. The van der Waals surface area contributed by atoms with Crippen LogP contribution in [0.25, 0.3) is 5.65 Å². The van der Waals surface area contributed by atoms with Gasteiger partial charge < -0.3 is 9.72 Å². The molecule has 0 radical (unpaired) electrons. The Balaban J connectivity index is 1.65. The number of nitrogens with one attached hydrogen (secondary N) is 1. The van der Waals surface area contributed by atoms with Gasteiger partial charge in [-0.3, -0.25) is 9.78 Å². The third-order valence-electron chi connectivity index (χ3n) is 5.05. The van der Waals surface area contributed by atoms with Gasteiger partial charge in [-0.25, -0.2) is 4.98 Å². The monoisotopic (exact) mass is 424 g/mol. The van der Waals surface area contributed by atoms with E-state index < -0.39 is 17.7 Å². The van der Waals surface area contributed by atoms with Gasteiger partial charge in [0.2, 0.25) is 5.91 Å². The summed E-state index contributed by atoms with van der Waals surface area (Å²) in [5.41, 5.74) is 1.84. The van der Waals surface area contributed by atoms with Crippen molar-refractivity contribution in [2.75, 3.05) is 0 Å². The first-order valence-electron chi connectivity index (χ1n) is 9.66. The van der Waals surface area contributed by atoms with E-state index in [0.29, 0.717) is 23.4 Å². The molecule has 1 N–H and O–H groups in total. The number of alkyl halides is 3. The lowest BCUT2D eigenvalue weighted by atomic mass is 9.91. The largest absolute Gasteiger partial charge is 0.416 e. The Hall–Kier alpha value is -3.68. The van der Waals surface area contributed by atoms with Gasteiger partial charge in [-0.05, 0) is 41.5 Å². The molecule has 31 heavy (non-hydrogen) atoms. The normalized spacial score (nSPS) is 12.6. The van der Waals surface area contributed by atoms with Crippen molar-refractivity contribution in [3.63, 3.8) is 0 Å². The highest BCUT2D eigenvalue weighted by Crippen LogP contribution is 2.34. The number of carbonyl (C=O) groups excluding carboxylic acids is 1. The molecular weight excluding hydrogens is 405 g/mol. The number of rotatable bonds is 6. The predicted molar refractivity (Wildman–Crippen MR) is 109 cm³/mol. The Kier molecular flexibility index (Phi) is 5.70. The Morgan fingerprint density at radius 3 is 2.65 bits per heavy atom. The molecule has 4 rings (SSSR count). The molecule has 5 nitrogen and oxygen atoms in total. The summed E-state index contributed by atoms with van der Waals surface area (Å²) >= 11 is 0. The maximum atomic E-state index is 13.3. The fourth-order valence-corrected chi connectivity index (χ4v) is 3.49. The summed E-state index contributed by atoms with van der Waals surface area (Å²) in [6.45, 7) is 0.309. The number of benzene rings is 1. The van der Waals surface area contributed by atoms with Crippen LogP contribution >= 0.6 is 0 Å². The minimum absolute atomic E-state index is 0.0188. The van der Waals surface area contributed by atoms with E-state index >= 15 is 0 Å². The zero-order chi connectivity index (χ0) is 21.8. The standard InChI is InChI=1S/C23H19F3N4O/c24-23(25,26)18-5-3-4-17(12-18)19(20-15-28-21-6-1-2-11-30(20)21)13-22(31)29-14-16-7-9-27-10-8-16/h1-12,15,19H,13-14H2,(H,29,31). The van der Waals surface area contributed by atoms with Crippen LogP contribution in [0.1, 0.15) is 34.7 Å². The molecule has 0 bridgehead atoms. The first-order chi connectivity index (χ1) is 14.9. The Morgan fingerprint density at radius 1 is 1.06 bits per heavy atom. The molecule has 3 heterocycles. The number of aromatic nitrogens is 3. The summed E-state index contributed by atoms with van der Waals surface area (Å²) in [6.07, 6.45) is 2.17.